The topological polar surface area (TPSA) is 67.6 Å². The Labute approximate surface area is 203 Å². The molecule has 1 aliphatic rings. The van der Waals surface area contributed by atoms with Crippen molar-refractivity contribution >= 4 is 22.6 Å². The summed E-state index contributed by atoms with van der Waals surface area (Å²) in [6, 6.07) is 19.8. The molecule has 1 aliphatic heterocycles. The lowest BCUT2D eigenvalue weighted by molar-refractivity contribution is -0.117. The number of rotatable bonds is 7. The molecule has 35 heavy (non-hydrogen) atoms. The summed E-state index contributed by atoms with van der Waals surface area (Å²) in [4.78, 5) is 19.3. The summed E-state index contributed by atoms with van der Waals surface area (Å²) in [7, 11) is 0. The molecule has 2 heterocycles. The smallest absolute Gasteiger partial charge is 0.227 e. The van der Waals surface area contributed by atoms with Crippen LogP contribution in [0.4, 0.5) is 10.1 Å². The van der Waals surface area contributed by atoms with Gasteiger partial charge >= 0.3 is 0 Å². The standard InChI is InChI=1S/C28H28FN3O3/c1-18-10-19(2)12-24(11-18)35-17-23(33)16-32-26-9-4-3-8-25(26)30-28(32)20-13-27(34)31(15-20)22-7-5-6-21(29)14-22/h3-12,14,20,23,33H,13,15-17H2,1-2H3/t20-,23-/m0/s1. The molecule has 0 bridgehead atoms. The Morgan fingerprint density at radius 2 is 1.86 bits per heavy atom. The first kappa shape index (κ1) is 23.1. The van der Waals surface area contributed by atoms with Crippen LogP contribution in [0.1, 0.15) is 29.3 Å². The van der Waals surface area contributed by atoms with E-state index in [1.54, 1.807) is 17.0 Å². The second-order valence-corrected chi connectivity index (χ2v) is 9.24. The van der Waals surface area contributed by atoms with Gasteiger partial charge in [-0.25, -0.2) is 9.37 Å². The molecule has 0 unspecified atom stereocenters. The highest BCUT2D eigenvalue weighted by atomic mass is 19.1. The van der Waals surface area contributed by atoms with Gasteiger partial charge in [-0.05, 0) is 67.4 Å². The molecule has 3 aromatic carbocycles. The molecule has 0 aliphatic carbocycles. The van der Waals surface area contributed by atoms with Gasteiger partial charge in [-0.2, -0.15) is 0 Å². The van der Waals surface area contributed by atoms with Crippen molar-refractivity contribution in [3.8, 4) is 5.75 Å². The van der Waals surface area contributed by atoms with Gasteiger partial charge in [0.15, 0.2) is 0 Å². The molecule has 1 N–H and O–H groups in total. The molecule has 0 radical (unpaired) electrons. The minimum atomic E-state index is -0.774. The largest absolute Gasteiger partial charge is 0.491 e. The van der Waals surface area contributed by atoms with E-state index in [9.17, 15) is 14.3 Å². The van der Waals surface area contributed by atoms with E-state index in [0.29, 0.717) is 12.2 Å². The molecule has 1 aromatic heterocycles. The van der Waals surface area contributed by atoms with Crippen LogP contribution < -0.4 is 9.64 Å². The molecule has 1 fully saturated rings. The van der Waals surface area contributed by atoms with Crippen LogP contribution in [0.3, 0.4) is 0 Å². The van der Waals surface area contributed by atoms with Crippen molar-refractivity contribution in [2.24, 2.45) is 0 Å². The number of aliphatic hydroxyl groups is 1. The molecule has 180 valence electrons. The third kappa shape index (κ3) is 4.91. The highest BCUT2D eigenvalue weighted by molar-refractivity contribution is 5.96. The van der Waals surface area contributed by atoms with Crippen molar-refractivity contribution in [3.05, 3.63) is 89.5 Å². The zero-order valence-corrected chi connectivity index (χ0v) is 19.8. The van der Waals surface area contributed by atoms with Gasteiger partial charge < -0.3 is 19.3 Å². The van der Waals surface area contributed by atoms with Gasteiger partial charge in [-0.15, -0.1) is 0 Å². The first-order chi connectivity index (χ1) is 16.9. The second kappa shape index (κ2) is 9.50. The van der Waals surface area contributed by atoms with Crippen LogP contribution in [0.2, 0.25) is 0 Å². The number of hydrogen-bond acceptors (Lipinski definition) is 4. The van der Waals surface area contributed by atoms with Gasteiger partial charge in [0.1, 0.15) is 30.1 Å². The molecule has 0 saturated carbocycles. The van der Waals surface area contributed by atoms with E-state index in [1.807, 2.05) is 54.8 Å². The fraction of sp³-hybridized carbons (Fsp3) is 0.286. The number of carbonyl (C=O) groups excluding carboxylic acids is 1. The SMILES string of the molecule is Cc1cc(C)cc(OC[C@@H](O)Cn2c([C@H]3CC(=O)N(c4cccc(F)c4)C3)nc3ccccc32)c1. The van der Waals surface area contributed by atoms with E-state index in [4.69, 9.17) is 9.72 Å². The Bertz CT molecular complexity index is 1360. The number of carbonyl (C=O) groups is 1. The number of anilines is 1. The number of fused-ring (bicyclic) bond motifs is 1. The predicted molar refractivity (Wildman–Crippen MR) is 133 cm³/mol. The normalized spacial score (nSPS) is 16.7. The Kier molecular flexibility index (Phi) is 6.26. The van der Waals surface area contributed by atoms with Crippen LogP contribution >= 0.6 is 0 Å². The minimum absolute atomic E-state index is 0.0714. The van der Waals surface area contributed by atoms with Crippen LogP contribution in [0.15, 0.2) is 66.7 Å². The summed E-state index contributed by atoms with van der Waals surface area (Å²) in [6.45, 7) is 4.84. The number of benzene rings is 3. The molecular formula is C28H28FN3O3. The maximum absolute atomic E-state index is 13.8. The summed E-state index contributed by atoms with van der Waals surface area (Å²) < 4.78 is 21.6. The number of aromatic nitrogens is 2. The summed E-state index contributed by atoms with van der Waals surface area (Å²) in [5, 5.41) is 10.9. The van der Waals surface area contributed by atoms with Gasteiger partial charge in [-0.1, -0.05) is 24.3 Å². The summed E-state index contributed by atoms with van der Waals surface area (Å²) in [6.07, 6.45) is -0.502. The quantitative estimate of drug-likeness (QED) is 0.421. The number of amides is 1. The number of para-hydroxylation sites is 2. The van der Waals surface area contributed by atoms with E-state index >= 15 is 0 Å². The molecule has 0 spiro atoms. The predicted octanol–water partition coefficient (Wildman–Crippen LogP) is 4.75. The monoisotopic (exact) mass is 473 g/mol. The van der Waals surface area contributed by atoms with Crippen LogP contribution in [-0.2, 0) is 11.3 Å². The van der Waals surface area contributed by atoms with Crippen molar-refractivity contribution < 1.29 is 19.0 Å². The third-order valence-electron chi connectivity index (χ3n) is 6.33. The van der Waals surface area contributed by atoms with Gasteiger partial charge in [0, 0.05) is 24.6 Å². The van der Waals surface area contributed by atoms with E-state index in [2.05, 4.69) is 6.07 Å². The van der Waals surface area contributed by atoms with Crippen molar-refractivity contribution in [1.29, 1.82) is 0 Å². The second-order valence-electron chi connectivity index (χ2n) is 9.24. The average molecular weight is 474 g/mol. The molecule has 1 saturated heterocycles. The summed E-state index contributed by atoms with van der Waals surface area (Å²) in [5.74, 6) is 0.842. The first-order valence-electron chi connectivity index (χ1n) is 11.8. The minimum Gasteiger partial charge on any atom is -0.491 e. The first-order valence-corrected chi connectivity index (χ1v) is 11.8. The van der Waals surface area contributed by atoms with E-state index in [0.717, 1.165) is 33.7 Å². The Morgan fingerprint density at radius 1 is 1.09 bits per heavy atom. The van der Waals surface area contributed by atoms with Crippen molar-refractivity contribution in [1.82, 2.24) is 9.55 Å². The van der Waals surface area contributed by atoms with Gasteiger partial charge in [0.25, 0.3) is 0 Å². The van der Waals surface area contributed by atoms with Crippen LogP contribution in [0, 0.1) is 19.7 Å². The average Bonchev–Trinajstić information content (AvgIpc) is 3.38. The molecule has 5 rings (SSSR count). The Hall–Kier alpha value is -3.71. The lowest BCUT2D eigenvalue weighted by atomic mass is 10.1. The number of aryl methyl sites for hydroxylation is 2. The van der Waals surface area contributed by atoms with Crippen molar-refractivity contribution in [2.75, 3.05) is 18.1 Å². The van der Waals surface area contributed by atoms with Crippen LogP contribution in [0.5, 0.6) is 5.75 Å². The van der Waals surface area contributed by atoms with Crippen molar-refractivity contribution in [3.63, 3.8) is 0 Å². The van der Waals surface area contributed by atoms with Crippen molar-refractivity contribution in [2.45, 2.75) is 38.8 Å². The molecule has 2 atom stereocenters. The zero-order valence-electron chi connectivity index (χ0n) is 19.8. The van der Waals surface area contributed by atoms with E-state index in [1.165, 1.54) is 12.1 Å². The number of ether oxygens (including phenoxy) is 1. The highest BCUT2D eigenvalue weighted by Crippen LogP contribution is 2.33. The fourth-order valence-electron chi connectivity index (χ4n) is 4.84. The van der Waals surface area contributed by atoms with Crippen LogP contribution in [-0.4, -0.2) is 39.8 Å². The Morgan fingerprint density at radius 3 is 2.63 bits per heavy atom. The fourth-order valence-corrected chi connectivity index (χ4v) is 4.84. The molecule has 6 nitrogen and oxygen atoms in total. The lowest BCUT2D eigenvalue weighted by Gasteiger charge is -2.19. The number of hydrogen-bond donors (Lipinski definition) is 1. The highest BCUT2D eigenvalue weighted by Gasteiger charge is 2.35. The number of imidazole rings is 1. The summed E-state index contributed by atoms with van der Waals surface area (Å²) >= 11 is 0. The molecular weight excluding hydrogens is 445 g/mol. The lowest BCUT2D eigenvalue weighted by Crippen LogP contribution is -2.26. The number of nitrogens with zero attached hydrogens (tertiary/aromatic N) is 3. The van der Waals surface area contributed by atoms with E-state index < -0.39 is 6.10 Å². The van der Waals surface area contributed by atoms with Gasteiger partial charge in [0.2, 0.25) is 5.91 Å². The van der Waals surface area contributed by atoms with Gasteiger partial charge in [0.05, 0.1) is 17.6 Å². The number of aliphatic hydroxyl groups excluding tert-OH is 1. The zero-order chi connectivity index (χ0) is 24.5. The summed E-state index contributed by atoms with van der Waals surface area (Å²) in [5.41, 5.74) is 4.45. The maximum atomic E-state index is 13.8. The van der Waals surface area contributed by atoms with Crippen LogP contribution in [0.25, 0.3) is 11.0 Å². The molecule has 1 amide bonds. The van der Waals surface area contributed by atoms with Gasteiger partial charge in [-0.3, -0.25) is 4.79 Å². The molecule has 4 aromatic rings. The number of halogens is 1. The van der Waals surface area contributed by atoms with E-state index in [-0.39, 0.29) is 37.2 Å². The molecule has 7 heteroatoms. The maximum Gasteiger partial charge on any atom is 0.227 e. The Balaban J connectivity index is 1.38. The third-order valence-corrected chi connectivity index (χ3v) is 6.33.